The predicted octanol–water partition coefficient (Wildman–Crippen LogP) is 1.58. The van der Waals surface area contributed by atoms with E-state index in [1.54, 1.807) is 4.90 Å². The Bertz CT molecular complexity index is 384. The standard InChI is InChI=1S/C13H20N2O3S/c1-13(2,3)18-12(17)10-5-4-7-15(10)11(16)9-19-8-6-14/h10H,4-5,7-9H2,1-3H3/t10-/m0/s1. The minimum atomic E-state index is -0.538. The van der Waals surface area contributed by atoms with E-state index in [0.29, 0.717) is 13.0 Å². The van der Waals surface area contributed by atoms with Crippen LogP contribution in [0.3, 0.4) is 0 Å². The number of nitriles is 1. The van der Waals surface area contributed by atoms with Crippen LogP contribution >= 0.6 is 11.8 Å². The molecule has 106 valence electrons. The van der Waals surface area contributed by atoms with Crippen molar-refractivity contribution in [1.82, 2.24) is 4.90 Å². The summed E-state index contributed by atoms with van der Waals surface area (Å²) < 4.78 is 5.34. The Morgan fingerprint density at radius 3 is 2.74 bits per heavy atom. The Morgan fingerprint density at radius 1 is 1.47 bits per heavy atom. The number of carbonyl (C=O) groups is 2. The third-order valence-electron chi connectivity index (χ3n) is 2.64. The molecule has 0 aromatic carbocycles. The van der Waals surface area contributed by atoms with Crippen LogP contribution < -0.4 is 0 Å². The summed E-state index contributed by atoms with van der Waals surface area (Å²) in [5.41, 5.74) is -0.538. The lowest BCUT2D eigenvalue weighted by Gasteiger charge is -2.27. The Balaban J connectivity index is 2.56. The number of thioether (sulfide) groups is 1. The van der Waals surface area contributed by atoms with Crippen LogP contribution in [-0.4, -0.2) is 46.5 Å². The van der Waals surface area contributed by atoms with Crippen molar-refractivity contribution in [2.45, 2.75) is 45.3 Å². The van der Waals surface area contributed by atoms with E-state index < -0.39 is 11.6 Å². The molecule has 1 rings (SSSR count). The molecule has 1 atom stereocenters. The molecule has 1 aliphatic rings. The summed E-state index contributed by atoms with van der Waals surface area (Å²) in [6.07, 6.45) is 1.47. The fourth-order valence-corrected chi connectivity index (χ4v) is 2.48. The van der Waals surface area contributed by atoms with Crippen molar-refractivity contribution in [3.63, 3.8) is 0 Å². The molecule has 0 radical (unpaired) electrons. The summed E-state index contributed by atoms with van der Waals surface area (Å²) in [4.78, 5) is 25.6. The topological polar surface area (TPSA) is 70.4 Å². The molecule has 1 aliphatic heterocycles. The van der Waals surface area contributed by atoms with Gasteiger partial charge in [-0.1, -0.05) is 0 Å². The number of carbonyl (C=O) groups excluding carboxylic acids is 2. The van der Waals surface area contributed by atoms with Gasteiger partial charge in [0, 0.05) is 6.54 Å². The molecule has 0 unspecified atom stereocenters. The van der Waals surface area contributed by atoms with Crippen molar-refractivity contribution < 1.29 is 14.3 Å². The van der Waals surface area contributed by atoms with E-state index in [2.05, 4.69) is 0 Å². The minimum absolute atomic E-state index is 0.0893. The summed E-state index contributed by atoms with van der Waals surface area (Å²) in [6.45, 7) is 6.04. The first-order valence-corrected chi connectivity index (χ1v) is 7.47. The van der Waals surface area contributed by atoms with Gasteiger partial charge in [0.15, 0.2) is 0 Å². The number of hydrogen-bond acceptors (Lipinski definition) is 5. The molecule has 19 heavy (non-hydrogen) atoms. The molecule has 0 spiro atoms. The van der Waals surface area contributed by atoms with Gasteiger partial charge < -0.3 is 9.64 Å². The first kappa shape index (κ1) is 15.8. The predicted molar refractivity (Wildman–Crippen MR) is 73.5 cm³/mol. The van der Waals surface area contributed by atoms with Crippen molar-refractivity contribution >= 4 is 23.6 Å². The van der Waals surface area contributed by atoms with Gasteiger partial charge in [-0.05, 0) is 33.6 Å². The maximum absolute atomic E-state index is 12.0. The lowest BCUT2D eigenvalue weighted by atomic mass is 10.1. The molecule has 6 heteroatoms. The number of hydrogen-bond donors (Lipinski definition) is 0. The number of amides is 1. The van der Waals surface area contributed by atoms with Crippen LogP contribution in [0.1, 0.15) is 33.6 Å². The quantitative estimate of drug-likeness (QED) is 0.579. The lowest BCUT2D eigenvalue weighted by molar-refractivity contribution is -0.162. The van der Waals surface area contributed by atoms with Gasteiger partial charge in [0.2, 0.25) is 5.91 Å². The molecule has 0 N–H and O–H groups in total. The van der Waals surface area contributed by atoms with E-state index >= 15 is 0 Å². The van der Waals surface area contributed by atoms with Crippen LogP contribution in [0.2, 0.25) is 0 Å². The Labute approximate surface area is 118 Å². The Hall–Kier alpha value is -1.22. The molecule has 0 aromatic rings. The van der Waals surface area contributed by atoms with Gasteiger partial charge in [0.1, 0.15) is 11.6 Å². The molecule has 1 fully saturated rings. The third kappa shape index (κ3) is 5.11. The summed E-state index contributed by atoms with van der Waals surface area (Å²) in [5, 5.41) is 8.44. The molecule has 1 amide bonds. The second-order valence-corrected chi connectivity index (χ2v) is 6.42. The number of likely N-dealkylation sites (tertiary alicyclic amines) is 1. The van der Waals surface area contributed by atoms with E-state index in [4.69, 9.17) is 10.00 Å². The number of ether oxygens (including phenoxy) is 1. The largest absolute Gasteiger partial charge is 0.458 e. The monoisotopic (exact) mass is 284 g/mol. The molecule has 5 nitrogen and oxygen atoms in total. The van der Waals surface area contributed by atoms with Crippen LogP contribution in [0.4, 0.5) is 0 Å². The number of nitrogens with zero attached hydrogens (tertiary/aromatic N) is 2. The maximum Gasteiger partial charge on any atom is 0.329 e. The lowest BCUT2D eigenvalue weighted by Crippen LogP contribution is -2.44. The van der Waals surface area contributed by atoms with Crippen LogP contribution in [0.15, 0.2) is 0 Å². The normalized spacial score (nSPS) is 19.1. The maximum atomic E-state index is 12.0. The third-order valence-corrected chi connectivity index (χ3v) is 3.43. The van der Waals surface area contributed by atoms with Crippen LogP contribution in [0.5, 0.6) is 0 Å². The molecule has 1 saturated heterocycles. The number of esters is 1. The van der Waals surface area contributed by atoms with Gasteiger partial charge >= 0.3 is 5.97 Å². The summed E-state index contributed by atoms with van der Waals surface area (Å²) in [7, 11) is 0. The van der Waals surface area contributed by atoms with E-state index in [9.17, 15) is 9.59 Å². The number of rotatable bonds is 4. The molecule has 0 aliphatic carbocycles. The van der Waals surface area contributed by atoms with E-state index in [-0.39, 0.29) is 23.4 Å². The second-order valence-electron chi connectivity index (χ2n) is 5.43. The van der Waals surface area contributed by atoms with Crippen molar-refractivity contribution in [3.8, 4) is 6.07 Å². The van der Waals surface area contributed by atoms with Gasteiger partial charge in [-0.2, -0.15) is 5.26 Å². The summed E-state index contributed by atoms with van der Waals surface area (Å²) >= 11 is 1.27. The van der Waals surface area contributed by atoms with Crippen molar-refractivity contribution in [1.29, 1.82) is 5.26 Å². The summed E-state index contributed by atoms with van der Waals surface area (Å²) in [6, 6.07) is 1.52. The zero-order valence-electron chi connectivity index (χ0n) is 11.6. The van der Waals surface area contributed by atoms with E-state index in [0.717, 1.165) is 6.42 Å². The average Bonchev–Trinajstić information content (AvgIpc) is 2.75. The molecule has 0 saturated carbocycles. The van der Waals surface area contributed by atoms with Crippen LogP contribution in [-0.2, 0) is 14.3 Å². The van der Waals surface area contributed by atoms with Crippen molar-refractivity contribution in [2.24, 2.45) is 0 Å². The Morgan fingerprint density at radius 2 is 2.16 bits per heavy atom. The minimum Gasteiger partial charge on any atom is -0.458 e. The molecular formula is C13H20N2O3S. The van der Waals surface area contributed by atoms with E-state index in [1.807, 2.05) is 26.8 Å². The fraction of sp³-hybridized carbons (Fsp3) is 0.769. The highest BCUT2D eigenvalue weighted by atomic mass is 32.2. The molecule has 0 aromatic heterocycles. The SMILES string of the molecule is CC(C)(C)OC(=O)[C@@H]1CCCN1C(=O)CSCC#N. The first-order chi connectivity index (χ1) is 8.85. The van der Waals surface area contributed by atoms with Gasteiger partial charge in [-0.3, -0.25) is 4.79 Å². The highest BCUT2D eigenvalue weighted by Crippen LogP contribution is 2.22. The van der Waals surface area contributed by atoms with Gasteiger partial charge in [-0.15, -0.1) is 11.8 Å². The zero-order chi connectivity index (χ0) is 14.5. The van der Waals surface area contributed by atoms with Crippen molar-refractivity contribution in [3.05, 3.63) is 0 Å². The smallest absolute Gasteiger partial charge is 0.329 e. The highest BCUT2D eigenvalue weighted by molar-refractivity contribution is 8.00. The summed E-state index contributed by atoms with van der Waals surface area (Å²) in [5.74, 6) is 0.112. The van der Waals surface area contributed by atoms with Gasteiger partial charge in [0.05, 0.1) is 17.6 Å². The average molecular weight is 284 g/mol. The fourth-order valence-electron chi connectivity index (χ4n) is 1.95. The van der Waals surface area contributed by atoms with E-state index in [1.165, 1.54) is 11.8 Å². The first-order valence-electron chi connectivity index (χ1n) is 6.32. The molecular weight excluding hydrogens is 264 g/mol. The van der Waals surface area contributed by atoms with Crippen molar-refractivity contribution in [2.75, 3.05) is 18.1 Å². The van der Waals surface area contributed by atoms with Crippen LogP contribution in [0.25, 0.3) is 0 Å². The highest BCUT2D eigenvalue weighted by Gasteiger charge is 2.36. The molecule has 1 heterocycles. The second kappa shape index (κ2) is 6.80. The van der Waals surface area contributed by atoms with Gasteiger partial charge in [-0.25, -0.2) is 4.79 Å². The van der Waals surface area contributed by atoms with Gasteiger partial charge in [0.25, 0.3) is 0 Å². The molecule has 0 bridgehead atoms. The zero-order valence-corrected chi connectivity index (χ0v) is 12.5. The Kier molecular flexibility index (Phi) is 5.67. The van der Waals surface area contributed by atoms with Crippen LogP contribution in [0, 0.1) is 11.3 Å².